The maximum atomic E-state index is 10.9. The number of hydrogen-bond donors (Lipinski definition) is 2. The van der Waals surface area contributed by atoms with Crippen molar-refractivity contribution in [3.05, 3.63) is 59.5 Å². The van der Waals surface area contributed by atoms with Crippen molar-refractivity contribution in [1.29, 1.82) is 0 Å². The summed E-state index contributed by atoms with van der Waals surface area (Å²) in [5.41, 5.74) is 4.11. The van der Waals surface area contributed by atoms with Gasteiger partial charge in [-0.1, -0.05) is 28.1 Å². The first kappa shape index (κ1) is 24.1. The number of aliphatic carboxylic acids is 1. The Balaban J connectivity index is 1.55. The topological polar surface area (TPSA) is 113 Å². The summed E-state index contributed by atoms with van der Waals surface area (Å²) in [6.07, 6.45) is 3.89. The zero-order valence-corrected chi connectivity index (χ0v) is 21.1. The molecular weight excluding hydrogens is 524 g/mol. The van der Waals surface area contributed by atoms with Crippen LogP contribution in [0.1, 0.15) is 12.8 Å². The van der Waals surface area contributed by atoms with Crippen LogP contribution in [0.15, 0.2) is 59.5 Å². The molecule has 1 aliphatic heterocycles. The summed E-state index contributed by atoms with van der Waals surface area (Å²) in [5, 5.41) is 13.0. The smallest absolute Gasteiger partial charge is 0.303 e. The van der Waals surface area contributed by atoms with Crippen LogP contribution in [-0.4, -0.2) is 63.9 Å². The predicted molar refractivity (Wildman–Crippen MR) is 142 cm³/mol. The largest absolute Gasteiger partial charge is 0.481 e. The average molecular weight is 549 g/mol. The van der Waals surface area contributed by atoms with Crippen LogP contribution in [0.2, 0.25) is 0 Å². The number of hydrogen-bond acceptors (Lipinski definition) is 8. The highest BCUT2D eigenvalue weighted by Gasteiger charge is 2.17. The number of morpholine rings is 1. The van der Waals surface area contributed by atoms with Gasteiger partial charge in [0.25, 0.3) is 0 Å². The van der Waals surface area contributed by atoms with Gasteiger partial charge in [0.1, 0.15) is 18.0 Å². The zero-order chi connectivity index (χ0) is 24.9. The summed E-state index contributed by atoms with van der Waals surface area (Å²) < 4.78 is 6.40. The quantitative estimate of drug-likeness (QED) is 0.304. The third kappa shape index (κ3) is 5.44. The highest BCUT2D eigenvalue weighted by atomic mass is 79.9. The summed E-state index contributed by atoms with van der Waals surface area (Å²) in [7, 11) is 0. The van der Waals surface area contributed by atoms with Crippen molar-refractivity contribution >= 4 is 44.6 Å². The van der Waals surface area contributed by atoms with E-state index in [0.717, 1.165) is 51.2 Å². The van der Waals surface area contributed by atoms with E-state index in [-0.39, 0.29) is 6.42 Å². The van der Waals surface area contributed by atoms with Crippen LogP contribution in [0.5, 0.6) is 0 Å². The maximum absolute atomic E-state index is 10.9. The lowest BCUT2D eigenvalue weighted by Gasteiger charge is -2.27. The Morgan fingerprint density at radius 1 is 1.08 bits per heavy atom. The van der Waals surface area contributed by atoms with Crippen molar-refractivity contribution in [3.8, 4) is 22.4 Å². The minimum atomic E-state index is -0.821. The molecule has 4 aromatic rings. The summed E-state index contributed by atoms with van der Waals surface area (Å²) in [6.45, 7) is 3.54. The van der Waals surface area contributed by atoms with Crippen molar-refractivity contribution in [3.63, 3.8) is 0 Å². The van der Waals surface area contributed by atoms with Crippen LogP contribution in [0.3, 0.4) is 0 Å². The Bertz CT molecular complexity index is 1380. The Morgan fingerprint density at radius 2 is 1.94 bits per heavy atom. The fraction of sp³-hybridized carbons (Fsp3) is 0.269. The second-order valence-electron chi connectivity index (χ2n) is 8.41. The zero-order valence-electron chi connectivity index (χ0n) is 19.5. The normalized spacial score (nSPS) is 13.6. The van der Waals surface area contributed by atoms with E-state index in [2.05, 4.69) is 41.1 Å². The maximum Gasteiger partial charge on any atom is 0.303 e. The number of fused-ring (bicyclic) bond motifs is 1. The Morgan fingerprint density at radius 3 is 2.69 bits per heavy atom. The van der Waals surface area contributed by atoms with Gasteiger partial charge in [0.05, 0.1) is 24.3 Å². The number of halogens is 1. The molecule has 0 atom stereocenters. The molecule has 0 bridgehead atoms. The van der Waals surface area contributed by atoms with Gasteiger partial charge in [0, 0.05) is 42.3 Å². The highest BCUT2D eigenvalue weighted by Crippen LogP contribution is 2.35. The Kier molecular flexibility index (Phi) is 7.33. The lowest BCUT2D eigenvalue weighted by molar-refractivity contribution is -0.137. The number of ether oxygens (including phenoxy) is 1. The number of pyridine rings is 2. The van der Waals surface area contributed by atoms with Crippen molar-refractivity contribution in [2.24, 2.45) is 0 Å². The molecule has 0 saturated carbocycles. The minimum absolute atomic E-state index is 0.0877. The van der Waals surface area contributed by atoms with E-state index in [1.165, 1.54) is 6.33 Å². The van der Waals surface area contributed by atoms with E-state index < -0.39 is 5.97 Å². The van der Waals surface area contributed by atoms with Crippen molar-refractivity contribution in [1.82, 2.24) is 19.9 Å². The number of carboxylic acid groups (broad SMARTS) is 1. The van der Waals surface area contributed by atoms with Gasteiger partial charge in [-0.15, -0.1) is 0 Å². The van der Waals surface area contributed by atoms with Crippen LogP contribution in [-0.2, 0) is 9.53 Å². The predicted octanol–water partition coefficient (Wildman–Crippen LogP) is 4.63. The molecule has 0 radical (unpaired) electrons. The van der Waals surface area contributed by atoms with Crippen molar-refractivity contribution in [2.45, 2.75) is 12.8 Å². The average Bonchev–Trinajstić information content (AvgIpc) is 2.91. The van der Waals surface area contributed by atoms with Crippen LogP contribution in [0, 0.1) is 0 Å². The molecule has 0 unspecified atom stereocenters. The molecule has 10 heteroatoms. The number of carboxylic acids is 1. The molecule has 1 fully saturated rings. The number of aromatic nitrogens is 4. The molecular formula is C26H25BrN6O3. The van der Waals surface area contributed by atoms with Crippen molar-refractivity contribution in [2.75, 3.05) is 43.1 Å². The molecule has 1 aliphatic rings. The van der Waals surface area contributed by atoms with Gasteiger partial charge in [0.2, 0.25) is 0 Å². The Hall–Kier alpha value is -3.63. The van der Waals surface area contributed by atoms with Gasteiger partial charge in [-0.2, -0.15) is 0 Å². The van der Waals surface area contributed by atoms with E-state index in [1.54, 1.807) is 0 Å². The fourth-order valence-corrected chi connectivity index (χ4v) is 4.59. The molecule has 184 valence electrons. The van der Waals surface area contributed by atoms with Crippen LogP contribution in [0.4, 0.5) is 11.6 Å². The van der Waals surface area contributed by atoms with Crippen LogP contribution >= 0.6 is 15.9 Å². The molecule has 0 amide bonds. The van der Waals surface area contributed by atoms with Crippen molar-refractivity contribution < 1.29 is 14.6 Å². The summed E-state index contributed by atoms with van der Waals surface area (Å²) in [5.74, 6) is 0.726. The first-order chi connectivity index (χ1) is 17.6. The molecule has 9 nitrogen and oxygen atoms in total. The van der Waals surface area contributed by atoms with Gasteiger partial charge in [0.15, 0.2) is 5.65 Å². The first-order valence-corrected chi connectivity index (χ1v) is 12.5. The third-order valence-corrected chi connectivity index (χ3v) is 6.47. The molecule has 4 heterocycles. The van der Waals surface area contributed by atoms with Gasteiger partial charge in [-0.25, -0.2) is 19.9 Å². The first-order valence-electron chi connectivity index (χ1n) is 11.7. The molecule has 5 rings (SSSR count). The van der Waals surface area contributed by atoms with Crippen LogP contribution < -0.4 is 10.2 Å². The van der Waals surface area contributed by atoms with Gasteiger partial charge in [-0.3, -0.25) is 4.79 Å². The van der Waals surface area contributed by atoms with Gasteiger partial charge in [-0.05, 0) is 47.9 Å². The third-order valence-electron chi connectivity index (χ3n) is 5.98. The van der Waals surface area contributed by atoms with E-state index in [1.807, 2.05) is 48.7 Å². The summed E-state index contributed by atoms with van der Waals surface area (Å²) in [6, 6.07) is 14.1. The molecule has 0 spiro atoms. The monoisotopic (exact) mass is 548 g/mol. The number of carbonyl (C=O) groups is 1. The second-order valence-corrected chi connectivity index (χ2v) is 9.33. The fourth-order valence-electron chi connectivity index (χ4n) is 4.19. The van der Waals surface area contributed by atoms with E-state index in [9.17, 15) is 4.79 Å². The Labute approximate surface area is 216 Å². The lowest BCUT2D eigenvalue weighted by Crippen LogP contribution is -2.36. The molecule has 3 aromatic heterocycles. The van der Waals surface area contributed by atoms with Gasteiger partial charge >= 0.3 is 5.97 Å². The number of anilines is 2. The molecule has 0 aliphatic carbocycles. The number of nitrogens with one attached hydrogen (secondary N) is 1. The highest BCUT2D eigenvalue weighted by molar-refractivity contribution is 9.10. The van der Waals surface area contributed by atoms with E-state index >= 15 is 0 Å². The number of nitrogens with zero attached hydrogens (tertiary/aromatic N) is 5. The van der Waals surface area contributed by atoms with Gasteiger partial charge < -0.3 is 20.1 Å². The molecule has 36 heavy (non-hydrogen) atoms. The minimum Gasteiger partial charge on any atom is -0.481 e. The molecule has 1 aromatic carbocycles. The standard InChI is InChI=1S/C26H25BrN6O3/c27-19-4-1-3-17(13-19)20-14-21(18-6-7-22(29-15-18)33-9-11-36-12-10-33)32-26-24(20)25(30-16-31-26)28-8-2-5-23(34)35/h1,3-4,6-7,13-16H,2,5,8-12H2,(H,34,35)(H,28,30,31,32). The molecule has 2 N–H and O–H groups in total. The lowest BCUT2D eigenvalue weighted by atomic mass is 10.00. The number of rotatable bonds is 8. The summed E-state index contributed by atoms with van der Waals surface area (Å²) in [4.78, 5) is 31.6. The van der Waals surface area contributed by atoms with E-state index in [4.69, 9.17) is 14.8 Å². The second kappa shape index (κ2) is 11.0. The number of benzene rings is 1. The summed E-state index contributed by atoms with van der Waals surface area (Å²) >= 11 is 3.57. The van der Waals surface area contributed by atoms with Crippen LogP contribution in [0.25, 0.3) is 33.4 Å². The SMILES string of the molecule is O=C(O)CCCNc1ncnc2nc(-c3ccc(N4CCOCC4)nc3)cc(-c3cccc(Br)c3)c12. The van der Waals surface area contributed by atoms with E-state index in [0.29, 0.717) is 37.6 Å². The molecule has 1 saturated heterocycles.